The number of rotatable bonds is 7. The smallest absolute Gasteiger partial charge is 0.123 e. The van der Waals surface area contributed by atoms with E-state index in [1.807, 2.05) is 24.3 Å². The van der Waals surface area contributed by atoms with Crippen LogP contribution in [-0.4, -0.2) is 19.8 Å². The van der Waals surface area contributed by atoms with Crippen LogP contribution < -0.4 is 15.2 Å². The minimum Gasteiger partial charge on any atom is -0.493 e. The Balaban J connectivity index is 1.50. The lowest BCUT2D eigenvalue weighted by Crippen LogP contribution is -2.24. The molecule has 0 aliphatic heterocycles. The molecule has 2 N–H and O–H groups in total. The Morgan fingerprint density at radius 1 is 1.10 bits per heavy atom. The lowest BCUT2D eigenvalue weighted by molar-refractivity contribution is 0.242. The van der Waals surface area contributed by atoms with Crippen molar-refractivity contribution >= 4 is 0 Å². The maximum Gasteiger partial charge on any atom is 0.123 e. The molecule has 108 valence electrons. The summed E-state index contributed by atoms with van der Waals surface area (Å²) in [6.07, 6.45) is 9.53. The number of benzene rings is 1. The highest BCUT2D eigenvalue weighted by Crippen LogP contribution is 2.34. The molecule has 0 unspecified atom stereocenters. The largest absolute Gasteiger partial charge is 0.493 e. The summed E-state index contributed by atoms with van der Waals surface area (Å²) in [5.74, 6) is 2.49. The lowest BCUT2D eigenvalue weighted by atomic mass is 10.1. The van der Waals surface area contributed by atoms with Gasteiger partial charge in [0.05, 0.1) is 12.0 Å². The van der Waals surface area contributed by atoms with E-state index in [0.29, 0.717) is 13.2 Å². The van der Waals surface area contributed by atoms with Crippen molar-refractivity contribution in [3.8, 4) is 11.5 Å². The molecule has 3 nitrogen and oxygen atoms in total. The molecule has 1 aromatic rings. The van der Waals surface area contributed by atoms with E-state index in [4.69, 9.17) is 15.2 Å². The third-order valence-corrected chi connectivity index (χ3v) is 4.29. The number of hydrogen-bond donors (Lipinski definition) is 1. The Bertz CT molecular complexity index is 472. The molecule has 2 aliphatic carbocycles. The van der Waals surface area contributed by atoms with Gasteiger partial charge >= 0.3 is 0 Å². The van der Waals surface area contributed by atoms with Crippen molar-refractivity contribution in [3.63, 3.8) is 0 Å². The molecule has 0 saturated heterocycles. The van der Waals surface area contributed by atoms with Crippen LogP contribution in [0.2, 0.25) is 0 Å². The van der Waals surface area contributed by atoms with Crippen LogP contribution in [0.25, 0.3) is 0 Å². The summed E-state index contributed by atoms with van der Waals surface area (Å²) in [7, 11) is 0. The molecule has 0 aromatic heterocycles. The molecule has 0 atom stereocenters. The van der Waals surface area contributed by atoms with Crippen LogP contribution in [0.15, 0.2) is 36.4 Å². The zero-order valence-electron chi connectivity index (χ0n) is 11.9. The van der Waals surface area contributed by atoms with Crippen molar-refractivity contribution in [1.29, 1.82) is 0 Å². The van der Waals surface area contributed by atoms with Crippen LogP contribution in [0.3, 0.4) is 0 Å². The molecule has 0 radical (unpaired) electrons. The van der Waals surface area contributed by atoms with Crippen LogP contribution in [0.4, 0.5) is 0 Å². The zero-order chi connectivity index (χ0) is 13.8. The summed E-state index contributed by atoms with van der Waals surface area (Å²) in [4.78, 5) is 0. The predicted molar refractivity (Wildman–Crippen MR) is 80.0 cm³/mol. The fourth-order valence-electron chi connectivity index (χ4n) is 2.67. The third-order valence-electron chi connectivity index (χ3n) is 4.29. The summed E-state index contributed by atoms with van der Waals surface area (Å²) >= 11 is 0. The minimum atomic E-state index is 0.000704. The number of nitrogens with two attached hydrogens (primary N) is 1. The number of ether oxygens (including phenoxy) is 2. The van der Waals surface area contributed by atoms with Gasteiger partial charge in [0.1, 0.15) is 18.1 Å². The van der Waals surface area contributed by atoms with E-state index in [2.05, 4.69) is 12.2 Å². The molecule has 0 heterocycles. The normalized spacial score (nSPS) is 20.1. The average Bonchev–Trinajstić information content (AvgIpc) is 3.09. The van der Waals surface area contributed by atoms with Crippen LogP contribution in [0.5, 0.6) is 11.5 Å². The first-order valence-corrected chi connectivity index (χ1v) is 7.56. The molecule has 0 amide bonds. The molecule has 1 aromatic carbocycles. The highest BCUT2D eigenvalue weighted by atomic mass is 16.5. The van der Waals surface area contributed by atoms with Gasteiger partial charge < -0.3 is 15.2 Å². The molecule has 3 heteroatoms. The quantitative estimate of drug-likeness (QED) is 0.776. The molecule has 20 heavy (non-hydrogen) atoms. The number of hydrogen-bond acceptors (Lipinski definition) is 3. The maximum atomic E-state index is 5.88. The molecular weight excluding hydrogens is 250 g/mol. The average molecular weight is 273 g/mol. The van der Waals surface area contributed by atoms with Crippen LogP contribution >= 0.6 is 0 Å². The Morgan fingerprint density at radius 3 is 2.45 bits per heavy atom. The van der Waals surface area contributed by atoms with Gasteiger partial charge in [-0.25, -0.2) is 0 Å². The topological polar surface area (TPSA) is 44.5 Å². The van der Waals surface area contributed by atoms with Gasteiger partial charge in [-0.1, -0.05) is 31.1 Å². The fraction of sp³-hybridized carbons (Fsp3) is 0.529. The fourth-order valence-corrected chi connectivity index (χ4v) is 2.67. The van der Waals surface area contributed by atoms with Crippen molar-refractivity contribution in [2.24, 2.45) is 17.1 Å². The first-order chi connectivity index (χ1) is 9.80. The van der Waals surface area contributed by atoms with Crippen molar-refractivity contribution in [1.82, 2.24) is 0 Å². The van der Waals surface area contributed by atoms with Crippen LogP contribution in [-0.2, 0) is 0 Å². The van der Waals surface area contributed by atoms with Gasteiger partial charge in [-0.3, -0.25) is 0 Å². The van der Waals surface area contributed by atoms with Crippen molar-refractivity contribution < 1.29 is 9.47 Å². The molecular formula is C17H23NO2. The summed E-state index contributed by atoms with van der Waals surface area (Å²) in [5.41, 5.74) is 5.71. The summed E-state index contributed by atoms with van der Waals surface area (Å²) in [6.45, 7) is 2.07. The summed E-state index contributed by atoms with van der Waals surface area (Å²) < 4.78 is 11.7. The molecule has 0 spiro atoms. The van der Waals surface area contributed by atoms with E-state index in [1.165, 1.54) is 25.7 Å². The molecule has 1 fully saturated rings. The summed E-state index contributed by atoms with van der Waals surface area (Å²) in [6, 6.07) is 7.92. The second kappa shape index (κ2) is 5.88. The minimum absolute atomic E-state index is 0.000704. The first-order valence-electron chi connectivity index (χ1n) is 7.56. The van der Waals surface area contributed by atoms with E-state index in [9.17, 15) is 0 Å². The van der Waals surface area contributed by atoms with E-state index in [1.54, 1.807) is 0 Å². The van der Waals surface area contributed by atoms with Crippen molar-refractivity contribution in [2.45, 2.75) is 25.7 Å². The molecule has 2 aliphatic rings. The summed E-state index contributed by atoms with van der Waals surface area (Å²) in [5, 5.41) is 0. The Kier molecular flexibility index (Phi) is 3.97. The van der Waals surface area contributed by atoms with Crippen LogP contribution in [0.1, 0.15) is 25.7 Å². The predicted octanol–water partition coefficient (Wildman–Crippen LogP) is 3.15. The second-order valence-electron chi connectivity index (χ2n) is 6.00. The maximum absolute atomic E-state index is 5.88. The lowest BCUT2D eigenvalue weighted by Gasteiger charge is -2.16. The van der Waals surface area contributed by atoms with Crippen LogP contribution in [0, 0.1) is 11.3 Å². The molecule has 3 rings (SSSR count). The molecule has 1 saturated carbocycles. The van der Waals surface area contributed by atoms with E-state index >= 15 is 0 Å². The van der Waals surface area contributed by atoms with Gasteiger partial charge in [-0.2, -0.15) is 0 Å². The van der Waals surface area contributed by atoms with Gasteiger partial charge in [0.25, 0.3) is 0 Å². The second-order valence-corrected chi connectivity index (χ2v) is 6.00. The Hall–Kier alpha value is -1.48. The zero-order valence-corrected chi connectivity index (χ0v) is 11.9. The Morgan fingerprint density at radius 2 is 1.80 bits per heavy atom. The highest BCUT2D eigenvalue weighted by molar-refractivity contribution is 5.34. The van der Waals surface area contributed by atoms with Gasteiger partial charge in [-0.15, -0.1) is 0 Å². The monoisotopic (exact) mass is 273 g/mol. The SMILES string of the molecule is NCC1(COc2cccc(OCC3CCCC3)c2)C=C1. The Labute approximate surface area is 120 Å². The van der Waals surface area contributed by atoms with Crippen molar-refractivity contribution in [3.05, 3.63) is 36.4 Å². The third kappa shape index (κ3) is 3.34. The first kappa shape index (κ1) is 13.5. The van der Waals surface area contributed by atoms with Crippen molar-refractivity contribution in [2.75, 3.05) is 19.8 Å². The highest BCUT2D eigenvalue weighted by Gasteiger charge is 2.33. The van der Waals surface area contributed by atoms with Gasteiger partial charge in [0.2, 0.25) is 0 Å². The standard InChI is InChI=1S/C17H23NO2/c18-12-17(8-9-17)13-20-16-7-3-6-15(10-16)19-11-14-4-1-2-5-14/h3,6-10,14H,1-2,4-5,11-13,18H2. The van der Waals surface area contributed by atoms with E-state index < -0.39 is 0 Å². The van der Waals surface area contributed by atoms with Gasteiger partial charge in [0, 0.05) is 12.6 Å². The van der Waals surface area contributed by atoms with E-state index in [-0.39, 0.29) is 5.41 Å². The van der Waals surface area contributed by atoms with E-state index in [0.717, 1.165) is 24.0 Å². The van der Waals surface area contributed by atoms with Gasteiger partial charge in [-0.05, 0) is 30.9 Å². The van der Waals surface area contributed by atoms with Gasteiger partial charge in [0.15, 0.2) is 0 Å². The molecule has 0 bridgehead atoms.